The zero-order valence-corrected chi connectivity index (χ0v) is 9.74. The molecule has 4 nitrogen and oxygen atoms in total. The molecular weight excluding hydrogens is 216 g/mol. The molecule has 1 aromatic carbocycles. The molecule has 15 heavy (non-hydrogen) atoms. The van der Waals surface area contributed by atoms with Crippen LogP contribution >= 0.6 is 0 Å². The van der Waals surface area contributed by atoms with Crippen molar-refractivity contribution in [2.75, 3.05) is 13.4 Å². The predicted molar refractivity (Wildman–Crippen MR) is 57.3 cm³/mol. The zero-order chi connectivity index (χ0) is 11.5. The van der Waals surface area contributed by atoms with Crippen LogP contribution in [0.4, 0.5) is 0 Å². The summed E-state index contributed by atoms with van der Waals surface area (Å²) in [4.78, 5) is 0. The molecule has 0 bridgehead atoms. The van der Waals surface area contributed by atoms with Gasteiger partial charge >= 0.3 is 0 Å². The van der Waals surface area contributed by atoms with E-state index in [0.29, 0.717) is 5.75 Å². The summed E-state index contributed by atoms with van der Waals surface area (Å²) in [6, 6.07) is 7.11. The molecule has 0 amide bonds. The standard InChI is InChI=1S/C10H14O4S/c1-8(14-15(3,11)12)9-5-4-6-10(7-9)13-2/h4-8H,1-3H3. The lowest BCUT2D eigenvalue weighted by Gasteiger charge is -2.12. The molecule has 5 heteroatoms. The summed E-state index contributed by atoms with van der Waals surface area (Å²) in [6.07, 6.45) is 0.527. The van der Waals surface area contributed by atoms with Crippen molar-refractivity contribution in [2.45, 2.75) is 13.0 Å². The predicted octanol–water partition coefficient (Wildman–Crippen LogP) is 1.73. The largest absolute Gasteiger partial charge is 0.497 e. The number of hydrogen-bond donors (Lipinski definition) is 0. The van der Waals surface area contributed by atoms with E-state index in [-0.39, 0.29) is 0 Å². The van der Waals surface area contributed by atoms with Crippen LogP contribution in [0.25, 0.3) is 0 Å². The van der Waals surface area contributed by atoms with E-state index < -0.39 is 16.2 Å². The molecular formula is C10H14O4S. The monoisotopic (exact) mass is 230 g/mol. The highest BCUT2D eigenvalue weighted by Gasteiger charge is 2.12. The molecule has 84 valence electrons. The van der Waals surface area contributed by atoms with Crippen molar-refractivity contribution in [3.8, 4) is 5.75 Å². The van der Waals surface area contributed by atoms with E-state index in [1.54, 1.807) is 38.3 Å². The van der Waals surface area contributed by atoms with Crippen LogP contribution in [0, 0.1) is 0 Å². The number of ether oxygens (including phenoxy) is 1. The van der Waals surface area contributed by atoms with Gasteiger partial charge in [0.1, 0.15) is 5.75 Å². The molecule has 0 aliphatic carbocycles. The number of rotatable bonds is 4. The van der Waals surface area contributed by atoms with Crippen LogP contribution in [0.1, 0.15) is 18.6 Å². The van der Waals surface area contributed by atoms with Crippen molar-refractivity contribution in [2.24, 2.45) is 0 Å². The highest BCUT2D eigenvalue weighted by Crippen LogP contribution is 2.22. The molecule has 0 saturated carbocycles. The Labute approximate surface area is 90.0 Å². The van der Waals surface area contributed by atoms with E-state index >= 15 is 0 Å². The van der Waals surface area contributed by atoms with Crippen molar-refractivity contribution in [1.82, 2.24) is 0 Å². The Hall–Kier alpha value is -1.07. The third kappa shape index (κ3) is 3.89. The van der Waals surface area contributed by atoms with Crippen LogP contribution in [-0.4, -0.2) is 21.8 Å². The van der Waals surface area contributed by atoms with Gasteiger partial charge in [-0.1, -0.05) is 12.1 Å². The smallest absolute Gasteiger partial charge is 0.264 e. The summed E-state index contributed by atoms with van der Waals surface area (Å²) in [5.74, 6) is 0.677. The van der Waals surface area contributed by atoms with Gasteiger partial charge in [0.2, 0.25) is 0 Å². The van der Waals surface area contributed by atoms with E-state index in [1.807, 2.05) is 0 Å². The molecule has 1 unspecified atom stereocenters. The third-order valence-electron chi connectivity index (χ3n) is 1.88. The maximum absolute atomic E-state index is 10.9. The minimum atomic E-state index is -3.43. The molecule has 0 N–H and O–H groups in total. The summed E-state index contributed by atoms with van der Waals surface area (Å²) in [6.45, 7) is 1.68. The summed E-state index contributed by atoms with van der Waals surface area (Å²) in [5.41, 5.74) is 0.764. The lowest BCUT2D eigenvalue weighted by Crippen LogP contribution is -2.07. The van der Waals surface area contributed by atoms with Gasteiger partial charge in [0.15, 0.2) is 0 Å². The Balaban J connectivity index is 2.86. The molecule has 0 aliphatic heterocycles. The van der Waals surface area contributed by atoms with E-state index in [2.05, 4.69) is 0 Å². The first-order valence-electron chi connectivity index (χ1n) is 4.44. The number of benzene rings is 1. The fourth-order valence-corrected chi connectivity index (χ4v) is 1.85. The van der Waals surface area contributed by atoms with Crippen LogP contribution in [0.15, 0.2) is 24.3 Å². The molecule has 0 heterocycles. The molecule has 0 aromatic heterocycles. The van der Waals surface area contributed by atoms with Gasteiger partial charge in [-0.2, -0.15) is 8.42 Å². The van der Waals surface area contributed by atoms with E-state index in [9.17, 15) is 8.42 Å². The van der Waals surface area contributed by atoms with Gasteiger partial charge in [0.25, 0.3) is 10.1 Å². The molecule has 1 aromatic rings. The molecule has 0 aliphatic rings. The van der Waals surface area contributed by atoms with Crippen molar-refractivity contribution < 1.29 is 17.3 Å². The second kappa shape index (κ2) is 4.63. The Kier molecular flexibility index (Phi) is 3.71. The lowest BCUT2D eigenvalue weighted by molar-refractivity contribution is 0.236. The Morgan fingerprint density at radius 2 is 2.00 bits per heavy atom. The van der Waals surface area contributed by atoms with Gasteiger partial charge in [-0.15, -0.1) is 0 Å². The normalized spacial score (nSPS) is 13.5. The number of methoxy groups -OCH3 is 1. The molecule has 1 atom stereocenters. The molecule has 0 saturated heterocycles. The molecule has 0 fully saturated rings. The van der Waals surface area contributed by atoms with Crippen LogP contribution in [0.3, 0.4) is 0 Å². The fraction of sp³-hybridized carbons (Fsp3) is 0.400. The van der Waals surface area contributed by atoms with Crippen LogP contribution in [0.5, 0.6) is 5.75 Å². The summed E-state index contributed by atoms with van der Waals surface area (Å²) >= 11 is 0. The summed E-state index contributed by atoms with van der Waals surface area (Å²) in [5, 5.41) is 0. The van der Waals surface area contributed by atoms with Crippen molar-refractivity contribution in [1.29, 1.82) is 0 Å². The van der Waals surface area contributed by atoms with Crippen LogP contribution in [0.2, 0.25) is 0 Å². The average Bonchev–Trinajstić information content (AvgIpc) is 2.15. The molecule has 0 spiro atoms. The second-order valence-corrected chi connectivity index (χ2v) is 4.82. The first-order chi connectivity index (χ1) is 6.92. The summed E-state index contributed by atoms with van der Waals surface area (Å²) in [7, 11) is -1.88. The Morgan fingerprint density at radius 1 is 1.33 bits per heavy atom. The van der Waals surface area contributed by atoms with Gasteiger partial charge in [-0.05, 0) is 24.6 Å². The summed E-state index contributed by atoms with van der Waals surface area (Å²) < 4.78 is 31.7. The first kappa shape index (κ1) is 12.0. The lowest BCUT2D eigenvalue weighted by atomic mass is 10.1. The van der Waals surface area contributed by atoms with Crippen molar-refractivity contribution >= 4 is 10.1 Å². The van der Waals surface area contributed by atoms with Gasteiger partial charge in [0, 0.05) is 0 Å². The Morgan fingerprint density at radius 3 is 2.53 bits per heavy atom. The maximum Gasteiger partial charge on any atom is 0.264 e. The minimum absolute atomic E-state index is 0.505. The fourth-order valence-electron chi connectivity index (χ4n) is 1.21. The topological polar surface area (TPSA) is 52.6 Å². The highest BCUT2D eigenvalue weighted by atomic mass is 32.2. The van der Waals surface area contributed by atoms with Crippen molar-refractivity contribution in [3.05, 3.63) is 29.8 Å². The number of hydrogen-bond acceptors (Lipinski definition) is 4. The second-order valence-electron chi connectivity index (χ2n) is 3.22. The van der Waals surface area contributed by atoms with Gasteiger partial charge in [0.05, 0.1) is 19.5 Å². The quantitative estimate of drug-likeness (QED) is 0.739. The zero-order valence-electron chi connectivity index (χ0n) is 8.93. The average molecular weight is 230 g/mol. The van der Waals surface area contributed by atoms with Gasteiger partial charge in [-0.25, -0.2) is 0 Å². The first-order valence-corrected chi connectivity index (χ1v) is 6.26. The van der Waals surface area contributed by atoms with Crippen molar-refractivity contribution in [3.63, 3.8) is 0 Å². The van der Waals surface area contributed by atoms with E-state index in [4.69, 9.17) is 8.92 Å². The van der Waals surface area contributed by atoms with E-state index in [0.717, 1.165) is 11.8 Å². The Bertz CT molecular complexity index is 425. The van der Waals surface area contributed by atoms with Gasteiger partial charge < -0.3 is 4.74 Å². The maximum atomic E-state index is 10.9. The minimum Gasteiger partial charge on any atom is -0.497 e. The third-order valence-corrected chi connectivity index (χ3v) is 2.52. The highest BCUT2D eigenvalue weighted by molar-refractivity contribution is 7.86. The van der Waals surface area contributed by atoms with Gasteiger partial charge in [-0.3, -0.25) is 4.18 Å². The molecule has 0 radical (unpaired) electrons. The molecule has 1 rings (SSSR count). The van der Waals surface area contributed by atoms with E-state index in [1.165, 1.54) is 0 Å². The SMILES string of the molecule is COc1cccc(C(C)OS(C)(=O)=O)c1. The van der Waals surface area contributed by atoms with Crippen LogP contribution in [-0.2, 0) is 14.3 Å². The van der Waals surface area contributed by atoms with Crippen LogP contribution < -0.4 is 4.74 Å².